The Kier molecular flexibility index (Phi) is 10.6. The average molecular weight is 604 g/mol. The van der Waals surface area contributed by atoms with E-state index in [4.69, 9.17) is 20.1 Å². The molecule has 10 heteroatoms. The number of halogens is 3. The van der Waals surface area contributed by atoms with Crippen molar-refractivity contribution in [2.75, 3.05) is 13.2 Å². The van der Waals surface area contributed by atoms with Gasteiger partial charge in [0.15, 0.2) is 0 Å². The zero-order chi connectivity index (χ0) is 31.2. The summed E-state index contributed by atoms with van der Waals surface area (Å²) in [6, 6.07) is 12.6. The molecule has 2 saturated carbocycles. The van der Waals surface area contributed by atoms with Crippen molar-refractivity contribution in [1.82, 2.24) is 5.32 Å². The van der Waals surface area contributed by atoms with Gasteiger partial charge in [0.2, 0.25) is 0 Å². The van der Waals surface area contributed by atoms with Gasteiger partial charge in [-0.25, -0.2) is 9.59 Å². The third-order valence-corrected chi connectivity index (χ3v) is 9.44. The highest BCUT2D eigenvalue weighted by molar-refractivity contribution is 5.89. The maximum atomic E-state index is 13.1. The molecule has 0 aliphatic heterocycles. The number of fused-ring (bicyclic) bond motifs is 5. The minimum atomic E-state index is -4.30. The van der Waals surface area contributed by atoms with E-state index in [-0.39, 0.29) is 12.0 Å². The molecule has 2 aromatic rings. The fourth-order valence-electron chi connectivity index (χ4n) is 7.48. The van der Waals surface area contributed by atoms with Gasteiger partial charge >= 0.3 is 18.1 Å². The van der Waals surface area contributed by atoms with Crippen molar-refractivity contribution in [2.45, 2.75) is 76.6 Å². The number of aliphatic hydroxyl groups is 1. The minimum absolute atomic E-state index is 0.143. The summed E-state index contributed by atoms with van der Waals surface area (Å²) in [4.78, 5) is 19.1. The van der Waals surface area contributed by atoms with Gasteiger partial charge in [-0.2, -0.15) is 13.2 Å². The Morgan fingerprint density at radius 3 is 2.47 bits per heavy atom. The SMILES string of the molecule is C[C@]12CC[C@@H]3c4ccc(OCCCO)cc4CC[C@H]3[C@@H]1CC[C@@H]2NCc1cccc(C(F)(F)F)c1.O=C(O)/C=C/C(=O)O. The Morgan fingerprint density at radius 1 is 1.05 bits per heavy atom. The lowest BCUT2D eigenvalue weighted by atomic mass is 9.55. The molecular weight excluding hydrogens is 563 g/mol. The molecule has 5 atom stereocenters. The Morgan fingerprint density at radius 2 is 1.79 bits per heavy atom. The highest BCUT2D eigenvalue weighted by Crippen LogP contribution is 2.61. The maximum absolute atomic E-state index is 13.1. The molecular formula is C33H40F3NO6. The topological polar surface area (TPSA) is 116 Å². The Bertz CT molecular complexity index is 1300. The molecule has 3 aliphatic carbocycles. The number of aliphatic carboxylic acids is 2. The van der Waals surface area contributed by atoms with Crippen molar-refractivity contribution in [2.24, 2.45) is 17.3 Å². The van der Waals surface area contributed by atoms with Gasteiger partial charge < -0.3 is 25.4 Å². The monoisotopic (exact) mass is 603 g/mol. The lowest BCUT2D eigenvalue weighted by Crippen LogP contribution is -2.48. The predicted molar refractivity (Wildman–Crippen MR) is 155 cm³/mol. The summed E-state index contributed by atoms with van der Waals surface area (Å²) < 4.78 is 45.1. The van der Waals surface area contributed by atoms with Gasteiger partial charge in [0, 0.05) is 37.8 Å². The van der Waals surface area contributed by atoms with E-state index in [1.165, 1.54) is 36.1 Å². The number of benzene rings is 2. The number of rotatable bonds is 9. The first kappa shape index (κ1) is 32.5. The first-order chi connectivity index (χ1) is 20.4. The van der Waals surface area contributed by atoms with E-state index in [1.807, 2.05) is 0 Å². The Balaban J connectivity index is 0.000000467. The average Bonchev–Trinajstić information content (AvgIpc) is 3.31. The molecule has 0 aromatic heterocycles. The summed E-state index contributed by atoms with van der Waals surface area (Å²) in [5.41, 5.74) is 3.21. The molecule has 5 rings (SSSR count). The number of aliphatic hydroxyl groups excluding tert-OH is 1. The molecule has 0 saturated heterocycles. The van der Waals surface area contributed by atoms with Crippen LogP contribution < -0.4 is 10.1 Å². The number of alkyl halides is 3. The van der Waals surface area contributed by atoms with Crippen LogP contribution in [0.3, 0.4) is 0 Å². The van der Waals surface area contributed by atoms with Gasteiger partial charge in [0.25, 0.3) is 0 Å². The second kappa shape index (κ2) is 13.9. The van der Waals surface area contributed by atoms with E-state index in [0.29, 0.717) is 61.1 Å². The van der Waals surface area contributed by atoms with Gasteiger partial charge in [-0.05, 0) is 96.6 Å². The molecule has 7 nitrogen and oxygen atoms in total. The summed E-state index contributed by atoms with van der Waals surface area (Å²) in [5, 5.41) is 28.3. The number of carbonyl (C=O) groups is 2. The summed E-state index contributed by atoms with van der Waals surface area (Å²) in [7, 11) is 0. The number of aryl methyl sites for hydroxylation is 1. The number of ether oxygens (including phenoxy) is 1. The normalized spacial score (nSPS) is 26.1. The number of nitrogens with one attached hydrogen (secondary N) is 1. The minimum Gasteiger partial charge on any atom is -0.493 e. The molecule has 0 unspecified atom stereocenters. The molecule has 0 heterocycles. The summed E-state index contributed by atoms with van der Waals surface area (Å²) in [6.45, 7) is 3.58. The van der Waals surface area contributed by atoms with E-state index in [9.17, 15) is 22.8 Å². The Labute approximate surface area is 249 Å². The number of hydrogen-bond donors (Lipinski definition) is 4. The molecule has 2 fully saturated rings. The maximum Gasteiger partial charge on any atom is 0.416 e. The van der Waals surface area contributed by atoms with Gasteiger partial charge in [-0.3, -0.25) is 0 Å². The number of carboxylic acid groups (broad SMARTS) is 2. The second-order valence-electron chi connectivity index (χ2n) is 12.0. The molecule has 2 aromatic carbocycles. The fraction of sp³-hybridized carbons (Fsp3) is 0.515. The van der Waals surface area contributed by atoms with Crippen LogP contribution in [0.25, 0.3) is 0 Å². The third kappa shape index (κ3) is 7.97. The molecule has 43 heavy (non-hydrogen) atoms. The fourth-order valence-corrected chi connectivity index (χ4v) is 7.48. The van der Waals surface area contributed by atoms with Crippen molar-refractivity contribution >= 4 is 11.9 Å². The van der Waals surface area contributed by atoms with Crippen molar-refractivity contribution in [3.05, 3.63) is 76.9 Å². The van der Waals surface area contributed by atoms with Crippen molar-refractivity contribution in [3.63, 3.8) is 0 Å². The van der Waals surface area contributed by atoms with Crippen LogP contribution in [0.15, 0.2) is 54.6 Å². The quantitative estimate of drug-likeness (QED) is 0.199. The van der Waals surface area contributed by atoms with Crippen molar-refractivity contribution in [1.29, 1.82) is 0 Å². The van der Waals surface area contributed by atoms with Gasteiger partial charge in [0.1, 0.15) is 5.75 Å². The van der Waals surface area contributed by atoms with Crippen LogP contribution in [0.1, 0.15) is 73.6 Å². The number of carboxylic acids is 2. The van der Waals surface area contributed by atoms with E-state index in [2.05, 4.69) is 30.4 Å². The molecule has 3 aliphatic rings. The lowest BCUT2D eigenvalue weighted by molar-refractivity contribution is -0.137. The van der Waals surface area contributed by atoms with E-state index >= 15 is 0 Å². The molecule has 234 valence electrons. The highest BCUT2D eigenvalue weighted by atomic mass is 19.4. The van der Waals surface area contributed by atoms with Crippen molar-refractivity contribution in [3.8, 4) is 5.75 Å². The number of hydrogen-bond acceptors (Lipinski definition) is 5. The van der Waals surface area contributed by atoms with Gasteiger partial charge in [0.05, 0.1) is 12.2 Å². The zero-order valence-electron chi connectivity index (χ0n) is 24.3. The van der Waals surface area contributed by atoms with E-state index < -0.39 is 23.7 Å². The predicted octanol–water partition coefficient (Wildman–Crippen LogP) is 6.19. The third-order valence-electron chi connectivity index (χ3n) is 9.44. The smallest absolute Gasteiger partial charge is 0.416 e. The first-order valence-electron chi connectivity index (χ1n) is 14.8. The van der Waals surface area contributed by atoms with Gasteiger partial charge in [-0.1, -0.05) is 31.2 Å². The van der Waals surface area contributed by atoms with Crippen molar-refractivity contribution < 1.29 is 42.8 Å². The standard InChI is InChI=1S/C29H36F3NO2.C4H4O4/c1-28-13-12-24-23-9-7-22(35-15-3-14-34)17-20(23)6-8-25(24)26(28)10-11-27(28)33-18-19-4-2-5-21(16-19)29(30,31)32;5-3(6)1-2-4(7)8/h2,4-5,7,9,16-17,24-27,33-34H,3,6,8,10-15,18H2,1H3;1-2H,(H,5,6)(H,7,8)/b;2-1+/t24-,25-,26+,27+,28+;/m1./s1. The summed E-state index contributed by atoms with van der Waals surface area (Å²) in [5.74, 6) is 0.290. The highest BCUT2D eigenvalue weighted by Gasteiger charge is 2.54. The molecule has 0 bridgehead atoms. The molecule has 0 amide bonds. The lowest BCUT2D eigenvalue weighted by Gasteiger charge is -2.51. The molecule has 0 spiro atoms. The van der Waals surface area contributed by atoms with Crippen LogP contribution in [0.2, 0.25) is 0 Å². The van der Waals surface area contributed by atoms with Crippen LogP contribution in [0.5, 0.6) is 5.75 Å². The summed E-state index contributed by atoms with van der Waals surface area (Å²) in [6.07, 6.45) is 4.31. The first-order valence-corrected chi connectivity index (χ1v) is 14.8. The largest absolute Gasteiger partial charge is 0.493 e. The summed E-state index contributed by atoms with van der Waals surface area (Å²) >= 11 is 0. The van der Waals surface area contributed by atoms with Gasteiger partial charge in [-0.15, -0.1) is 0 Å². The van der Waals surface area contributed by atoms with E-state index in [0.717, 1.165) is 37.5 Å². The molecule has 4 N–H and O–H groups in total. The van der Waals surface area contributed by atoms with E-state index in [1.54, 1.807) is 6.07 Å². The van der Waals surface area contributed by atoms with Crippen LogP contribution in [-0.4, -0.2) is 46.5 Å². The Hall–Kier alpha value is -3.37. The molecule has 0 radical (unpaired) electrons. The van der Waals surface area contributed by atoms with Crippen LogP contribution >= 0.6 is 0 Å². The van der Waals surface area contributed by atoms with Crippen LogP contribution in [0.4, 0.5) is 13.2 Å². The van der Waals surface area contributed by atoms with Crippen LogP contribution in [-0.2, 0) is 28.7 Å². The van der Waals surface area contributed by atoms with Crippen LogP contribution in [0, 0.1) is 17.3 Å². The second-order valence-corrected chi connectivity index (χ2v) is 12.0. The zero-order valence-corrected chi connectivity index (χ0v) is 24.3.